The Hall–Kier alpha value is -1.59. The molecule has 0 saturated heterocycles. The molecule has 0 aromatic heterocycles. The first-order valence-corrected chi connectivity index (χ1v) is 8.36. The molecule has 0 aromatic carbocycles. The molecule has 5 N–H and O–H groups in total. The Bertz CT molecular complexity index is 446. The van der Waals surface area contributed by atoms with Gasteiger partial charge in [0.1, 0.15) is 11.7 Å². The zero-order valence-electron chi connectivity index (χ0n) is 17.3. The van der Waals surface area contributed by atoms with Gasteiger partial charge in [0.15, 0.2) is 0 Å². The van der Waals surface area contributed by atoms with Crippen molar-refractivity contribution in [3.05, 3.63) is 0 Å². The molecular formula is C18H39N5O. The third-order valence-electron chi connectivity index (χ3n) is 3.39. The Balaban J connectivity index is 0. The Labute approximate surface area is 148 Å². The summed E-state index contributed by atoms with van der Waals surface area (Å²) in [5.74, 6) is 1.42. The van der Waals surface area contributed by atoms with Crippen LogP contribution >= 0.6 is 0 Å². The van der Waals surface area contributed by atoms with Crippen molar-refractivity contribution >= 4 is 17.4 Å². The predicted molar refractivity (Wildman–Crippen MR) is 105 cm³/mol. The largest absolute Gasteiger partial charge is 0.409 e. The zero-order valence-corrected chi connectivity index (χ0v) is 17.3. The molecule has 0 aliphatic carbocycles. The average Bonchev–Trinajstić information content (AvgIpc) is 2.90. The molecule has 1 heterocycles. The van der Waals surface area contributed by atoms with E-state index in [1.807, 2.05) is 48.5 Å². The minimum Gasteiger partial charge on any atom is -0.409 e. The molecule has 0 radical (unpaired) electrons. The maximum atomic E-state index is 8.13. The number of nitrogens with zero attached hydrogens (tertiary/aromatic N) is 2. The van der Waals surface area contributed by atoms with E-state index >= 15 is 0 Å². The van der Waals surface area contributed by atoms with Crippen LogP contribution in [-0.2, 0) is 0 Å². The summed E-state index contributed by atoms with van der Waals surface area (Å²) in [6, 6.07) is 0. The lowest BCUT2D eigenvalue weighted by molar-refractivity contribution is 0.310. The summed E-state index contributed by atoms with van der Waals surface area (Å²) in [4.78, 5) is 4.31. The summed E-state index contributed by atoms with van der Waals surface area (Å²) < 4.78 is 0. The molecule has 0 atom stereocenters. The summed E-state index contributed by atoms with van der Waals surface area (Å²) in [7, 11) is 0. The van der Waals surface area contributed by atoms with Gasteiger partial charge in [-0.1, -0.05) is 67.5 Å². The number of rotatable bonds is 0. The molecule has 0 saturated carbocycles. The summed E-state index contributed by atoms with van der Waals surface area (Å²) in [6.45, 7) is 22.1. The quantitative estimate of drug-likeness (QED) is 0.232. The van der Waals surface area contributed by atoms with Gasteiger partial charge in [-0.15, -0.1) is 0 Å². The molecule has 0 spiro atoms. The van der Waals surface area contributed by atoms with Crippen LogP contribution < -0.4 is 11.1 Å². The van der Waals surface area contributed by atoms with E-state index in [1.54, 1.807) is 0 Å². The van der Waals surface area contributed by atoms with Crippen LogP contribution in [0.5, 0.6) is 0 Å². The molecule has 6 nitrogen and oxygen atoms in total. The van der Waals surface area contributed by atoms with Crippen LogP contribution in [-0.4, -0.2) is 35.7 Å². The lowest BCUT2D eigenvalue weighted by Crippen LogP contribution is -2.31. The summed E-state index contributed by atoms with van der Waals surface area (Å²) in [6.07, 6.45) is 0. The van der Waals surface area contributed by atoms with E-state index < -0.39 is 0 Å². The van der Waals surface area contributed by atoms with Crippen molar-refractivity contribution in [3.8, 4) is 0 Å². The standard InChI is InChI=1S/C7H14N2.C6H13N.C5H12N2O/c1-7(2,3)6-8-4-5-9-6;1-5(7)6(2,3)4;1-5(2,3)4(6)7-8/h4-5H2,1-3H3,(H,8,9);7H,1-4H3;8H,1-3H3,(H2,6,7). The van der Waals surface area contributed by atoms with Crippen LogP contribution in [0, 0.1) is 21.7 Å². The number of hydrogen-bond acceptors (Lipinski definition) is 5. The third kappa shape index (κ3) is 11.9. The molecular weight excluding hydrogens is 302 g/mol. The first-order valence-electron chi connectivity index (χ1n) is 8.36. The SMILES string of the molecule is CC(=N)C(C)(C)C.CC(C)(C)C(N)=NO.CC(C)(C)C1=NCCN1. The van der Waals surface area contributed by atoms with Crippen molar-refractivity contribution in [1.29, 1.82) is 5.41 Å². The fourth-order valence-electron chi connectivity index (χ4n) is 1.05. The van der Waals surface area contributed by atoms with Crippen molar-refractivity contribution < 1.29 is 5.21 Å². The normalized spacial score (nSPS) is 15.2. The molecule has 0 unspecified atom stereocenters. The number of aliphatic imine (C=N–C) groups is 1. The van der Waals surface area contributed by atoms with Crippen LogP contribution in [0.15, 0.2) is 10.1 Å². The van der Waals surface area contributed by atoms with Crippen LogP contribution in [0.1, 0.15) is 69.2 Å². The van der Waals surface area contributed by atoms with Crippen LogP contribution in [0.25, 0.3) is 0 Å². The second-order valence-electron chi connectivity index (χ2n) is 9.02. The van der Waals surface area contributed by atoms with Crippen molar-refractivity contribution in [1.82, 2.24) is 5.32 Å². The Kier molecular flexibility index (Phi) is 9.91. The number of oxime groups is 1. The van der Waals surface area contributed by atoms with Gasteiger partial charge in [0.2, 0.25) is 0 Å². The first kappa shape index (κ1) is 24.7. The first-order chi connectivity index (χ1) is 10.5. The van der Waals surface area contributed by atoms with E-state index in [4.69, 9.17) is 16.4 Å². The van der Waals surface area contributed by atoms with Crippen molar-refractivity contribution in [2.24, 2.45) is 32.1 Å². The smallest absolute Gasteiger partial charge is 0.144 e. The van der Waals surface area contributed by atoms with Crippen molar-refractivity contribution in [2.45, 2.75) is 69.2 Å². The fraction of sp³-hybridized carbons (Fsp3) is 0.833. The zero-order chi connectivity index (χ0) is 19.8. The summed E-state index contributed by atoms with van der Waals surface area (Å²) in [5.41, 5.74) is 6.08. The molecule has 142 valence electrons. The van der Waals surface area contributed by atoms with E-state index in [9.17, 15) is 0 Å². The molecule has 0 bridgehead atoms. The number of nitrogens with two attached hydrogens (primary N) is 1. The summed E-state index contributed by atoms with van der Waals surface area (Å²) >= 11 is 0. The molecule has 0 fully saturated rings. The van der Waals surface area contributed by atoms with Crippen molar-refractivity contribution in [3.63, 3.8) is 0 Å². The molecule has 1 aliphatic heterocycles. The van der Waals surface area contributed by atoms with Gasteiger partial charge < -0.3 is 21.7 Å². The highest BCUT2D eigenvalue weighted by Gasteiger charge is 2.20. The van der Waals surface area contributed by atoms with Crippen LogP contribution in [0.3, 0.4) is 0 Å². The highest BCUT2D eigenvalue weighted by molar-refractivity contribution is 5.88. The van der Waals surface area contributed by atoms with E-state index in [-0.39, 0.29) is 22.1 Å². The Morgan fingerprint density at radius 2 is 1.50 bits per heavy atom. The molecule has 0 aromatic rings. The second kappa shape index (κ2) is 9.64. The summed E-state index contributed by atoms with van der Waals surface area (Å²) in [5, 5.41) is 21.4. The van der Waals surface area contributed by atoms with E-state index in [2.05, 4.69) is 36.2 Å². The molecule has 1 aliphatic rings. The van der Waals surface area contributed by atoms with Gasteiger partial charge in [0.25, 0.3) is 0 Å². The van der Waals surface area contributed by atoms with Crippen LogP contribution in [0.2, 0.25) is 0 Å². The highest BCUT2D eigenvalue weighted by Crippen LogP contribution is 2.15. The Morgan fingerprint density at radius 1 is 1.08 bits per heavy atom. The minimum atomic E-state index is -0.214. The van der Waals surface area contributed by atoms with E-state index in [0.717, 1.165) is 24.6 Å². The molecule has 0 amide bonds. The second-order valence-corrected chi connectivity index (χ2v) is 9.02. The van der Waals surface area contributed by atoms with Gasteiger partial charge in [0.05, 0.1) is 6.54 Å². The number of amidine groups is 2. The lowest BCUT2D eigenvalue weighted by atomic mass is 9.91. The molecule has 24 heavy (non-hydrogen) atoms. The minimum absolute atomic E-state index is 0.0833. The monoisotopic (exact) mass is 341 g/mol. The number of nitrogens with one attached hydrogen (secondary N) is 2. The Morgan fingerprint density at radius 3 is 1.58 bits per heavy atom. The predicted octanol–water partition coefficient (Wildman–Crippen LogP) is 3.89. The number of hydrogen-bond donors (Lipinski definition) is 4. The van der Waals surface area contributed by atoms with Gasteiger partial charge in [-0.3, -0.25) is 4.99 Å². The van der Waals surface area contributed by atoms with Gasteiger partial charge >= 0.3 is 0 Å². The molecule has 1 rings (SSSR count). The van der Waals surface area contributed by atoms with E-state index in [1.165, 1.54) is 0 Å². The van der Waals surface area contributed by atoms with E-state index in [0.29, 0.717) is 0 Å². The third-order valence-corrected chi connectivity index (χ3v) is 3.39. The maximum Gasteiger partial charge on any atom is 0.144 e. The maximum absolute atomic E-state index is 8.13. The van der Waals surface area contributed by atoms with Crippen molar-refractivity contribution in [2.75, 3.05) is 13.1 Å². The van der Waals surface area contributed by atoms with Crippen LogP contribution in [0.4, 0.5) is 0 Å². The fourth-order valence-corrected chi connectivity index (χ4v) is 1.05. The van der Waals surface area contributed by atoms with Gasteiger partial charge in [-0.25, -0.2) is 0 Å². The average molecular weight is 342 g/mol. The van der Waals surface area contributed by atoms with Gasteiger partial charge in [0, 0.05) is 23.1 Å². The molecule has 6 heteroatoms. The highest BCUT2D eigenvalue weighted by atomic mass is 16.4. The van der Waals surface area contributed by atoms with Gasteiger partial charge in [-0.05, 0) is 12.3 Å². The van der Waals surface area contributed by atoms with Gasteiger partial charge in [-0.2, -0.15) is 0 Å². The lowest BCUT2D eigenvalue weighted by Gasteiger charge is -2.18. The topological polar surface area (TPSA) is 107 Å².